The van der Waals surface area contributed by atoms with Gasteiger partial charge in [-0.2, -0.15) is 0 Å². The summed E-state index contributed by atoms with van der Waals surface area (Å²) in [5.41, 5.74) is -0.0419. The van der Waals surface area contributed by atoms with Gasteiger partial charge in [-0.15, -0.1) is 0 Å². The van der Waals surface area contributed by atoms with Crippen molar-refractivity contribution in [3.63, 3.8) is 0 Å². The number of aromatic nitrogens is 2. The monoisotopic (exact) mass is 331 g/mol. The van der Waals surface area contributed by atoms with Crippen LogP contribution in [0.3, 0.4) is 0 Å². The fourth-order valence-electron chi connectivity index (χ4n) is 5.76. The molecule has 5 atom stereocenters. The van der Waals surface area contributed by atoms with Crippen LogP contribution >= 0.6 is 0 Å². The number of amides is 1. The van der Waals surface area contributed by atoms with E-state index in [0.29, 0.717) is 17.4 Å². The zero-order valence-electron chi connectivity index (χ0n) is 14.3. The summed E-state index contributed by atoms with van der Waals surface area (Å²) in [6.07, 6.45) is 9.15. The molecule has 2 N–H and O–H groups in total. The van der Waals surface area contributed by atoms with Gasteiger partial charge in [0.15, 0.2) is 0 Å². The molecule has 0 saturated heterocycles. The van der Waals surface area contributed by atoms with Gasteiger partial charge >= 0.3 is 6.01 Å². The highest BCUT2D eigenvalue weighted by Gasteiger charge is 2.59. The Bertz CT molecular complexity index is 631. The minimum absolute atomic E-state index is 0.0296. The predicted molar refractivity (Wildman–Crippen MR) is 87.6 cm³/mol. The van der Waals surface area contributed by atoms with E-state index in [1.54, 1.807) is 0 Å². The summed E-state index contributed by atoms with van der Waals surface area (Å²) in [6.45, 7) is 2.08. The molecule has 5 rings (SSSR count). The van der Waals surface area contributed by atoms with E-state index in [-0.39, 0.29) is 23.4 Å². The number of hydrogen-bond donors (Lipinski definition) is 2. The molecule has 6 heteroatoms. The maximum absolute atomic E-state index is 12.5. The Labute approximate surface area is 142 Å². The van der Waals surface area contributed by atoms with Crippen molar-refractivity contribution < 1.29 is 14.6 Å². The fourth-order valence-corrected chi connectivity index (χ4v) is 5.76. The summed E-state index contributed by atoms with van der Waals surface area (Å²) in [7, 11) is 1.49. The third kappa shape index (κ3) is 2.57. The van der Waals surface area contributed by atoms with Crippen LogP contribution in [-0.2, 0) is 0 Å². The van der Waals surface area contributed by atoms with E-state index in [2.05, 4.69) is 22.2 Å². The molecule has 1 heterocycles. The highest BCUT2D eigenvalue weighted by molar-refractivity contribution is 5.93. The van der Waals surface area contributed by atoms with Gasteiger partial charge in [0.2, 0.25) is 0 Å². The van der Waals surface area contributed by atoms with Gasteiger partial charge in [-0.3, -0.25) is 4.79 Å². The molecule has 4 aliphatic rings. The second kappa shape index (κ2) is 5.41. The number of carbonyl (C=O) groups excluding carboxylic acids is 1. The van der Waals surface area contributed by atoms with Crippen LogP contribution in [0.25, 0.3) is 0 Å². The van der Waals surface area contributed by atoms with Crippen molar-refractivity contribution in [3.8, 4) is 6.01 Å². The topological polar surface area (TPSA) is 84.3 Å². The van der Waals surface area contributed by atoms with Crippen LogP contribution in [0.5, 0.6) is 6.01 Å². The first-order valence-corrected chi connectivity index (χ1v) is 8.81. The van der Waals surface area contributed by atoms with Crippen molar-refractivity contribution >= 4 is 5.91 Å². The van der Waals surface area contributed by atoms with E-state index >= 15 is 0 Å². The van der Waals surface area contributed by atoms with Crippen molar-refractivity contribution in [2.75, 3.05) is 7.11 Å². The zero-order chi connectivity index (χ0) is 16.9. The lowest BCUT2D eigenvalue weighted by atomic mass is 9.46. The summed E-state index contributed by atoms with van der Waals surface area (Å²) >= 11 is 0. The van der Waals surface area contributed by atoms with Gasteiger partial charge in [0.25, 0.3) is 5.91 Å². The van der Waals surface area contributed by atoms with E-state index in [1.165, 1.54) is 25.9 Å². The molecule has 4 fully saturated rings. The summed E-state index contributed by atoms with van der Waals surface area (Å²) in [5, 5.41) is 14.0. The minimum Gasteiger partial charge on any atom is -0.467 e. The molecule has 1 aromatic heterocycles. The second-order valence-electron chi connectivity index (χ2n) is 8.20. The largest absolute Gasteiger partial charge is 0.467 e. The van der Waals surface area contributed by atoms with Gasteiger partial charge in [-0.1, -0.05) is 0 Å². The third-order valence-corrected chi connectivity index (χ3v) is 6.41. The number of hydrogen-bond acceptors (Lipinski definition) is 5. The molecule has 1 amide bonds. The predicted octanol–water partition coefficient (Wildman–Crippen LogP) is 1.93. The van der Waals surface area contributed by atoms with Crippen LogP contribution in [0.2, 0.25) is 0 Å². The third-order valence-electron chi connectivity index (χ3n) is 6.41. The molecular weight excluding hydrogens is 306 g/mol. The number of nitrogens with zero attached hydrogens (tertiary/aromatic N) is 2. The molecule has 0 spiro atoms. The van der Waals surface area contributed by atoms with E-state index < -0.39 is 5.60 Å². The van der Waals surface area contributed by atoms with Crippen molar-refractivity contribution in [3.05, 3.63) is 18.0 Å². The first kappa shape index (κ1) is 15.8. The molecule has 0 aliphatic heterocycles. The second-order valence-corrected chi connectivity index (χ2v) is 8.20. The number of rotatable bonds is 4. The Kier molecular flexibility index (Phi) is 3.56. The number of aliphatic hydroxyl groups is 1. The van der Waals surface area contributed by atoms with Crippen LogP contribution in [0.1, 0.15) is 55.8 Å². The summed E-state index contributed by atoms with van der Waals surface area (Å²) in [4.78, 5) is 20.5. The van der Waals surface area contributed by atoms with Crippen molar-refractivity contribution in [2.45, 2.75) is 57.1 Å². The van der Waals surface area contributed by atoms with E-state index in [4.69, 9.17) is 4.74 Å². The SMILES string of the molecule is COc1ncc(C(=O)N[C@@H](C)C23C[C@@H]4C[C@@H](CC(O)(C4)C2)C3)cn1. The summed E-state index contributed by atoms with van der Waals surface area (Å²) in [5.74, 6) is 1.06. The maximum Gasteiger partial charge on any atom is 0.316 e. The molecule has 0 aromatic carbocycles. The molecule has 1 aromatic rings. The van der Waals surface area contributed by atoms with Gasteiger partial charge in [0.05, 0.1) is 18.3 Å². The van der Waals surface area contributed by atoms with Crippen molar-refractivity contribution in [2.24, 2.45) is 17.3 Å². The van der Waals surface area contributed by atoms with E-state index in [0.717, 1.165) is 32.1 Å². The average Bonchev–Trinajstić information content (AvgIpc) is 2.52. The Morgan fingerprint density at radius 2 is 1.92 bits per heavy atom. The lowest BCUT2D eigenvalue weighted by Gasteiger charge is -2.62. The molecule has 0 radical (unpaired) electrons. The van der Waals surface area contributed by atoms with Crippen molar-refractivity contribution in [1.82, 2.24) is 15.3 Å². The van der Waals surface area contributed by atoms with Crippen LogP contribution in [0.4, 0.5) is 0 Å². The average molecular weight is 331 g/mol. The summed E-state index contributed by atoms with van der Waals surface area (Å²) in [6, 6.07) is 0.285. The Balaban J connectivity index is 1.49. The Morgan fingerprint density at radius 3 is 2.46 bits per heavy atom. The first-order valence-electron chi connectivity index (χ1n) is 8.81. The number of carbonyl (C=O) groups is 1. The number of ether oxygens (including phenoxy) is 1. The lowest BCUT2D eigenvalue weighted by molar-refractivity contribution is -0.171. The molecular formula is C18H25N3O3. The molecule has 130 valence electrons. The molecule has 2 unspecified atom stereocenters. The maximum atomic E-state index is 12.5. The molecule has 4 aliphatic carbocycles. The van der Waals surface area contributed by atoms with Crippen LogP contribution in [-0.4, -0.2) is 39.7 Å². The zero-order valence-corrected chi connectivity index (χ0v) is 14.3. The van der Waals surface area contributed by atoms with E-state index in [1.807, 2.05) is 0 Å². The molecule has 4 saturated carbocycles. The van der Waals surface area contributed by atoms with Gasteiger partial charge in [0, 0.05) is 18.4 Å². The standard InChI is InChI=1S/C18H25N3O3/c1-11(21-15(22)14-8-19-16(24-2)20-9-14)17-4-12-3-13(5-17)7-18(23,6-12)10-17/h8-9,11-13,23H,3-7,10H2,1-2H3,(H,21,22)/t11-,12-,13+,17?,18?/m0/s1. The smallest absolute Gasteiger partial charge is 0.316 e. The van der Waals surface area contributed by atoms with Gasteiger partial charge in [0.1, 0.15) is 0 Å². The lowest BCUT2D eigenvalue weighted by Crippen LogP contribution is -2.61. The number of methoxy groups -OCH3 is 1. The molecule has 24 heavy (non-hydrogen) atoms. The summed E-state index contributed by atoms with van der Waals surface area (Å²) < 4.78 is 4.92. The first-order chi connectivity index (χ1) is 11.4. The van der Waals surface area contributed by atoms with Gasteiger partial charge < -0.3 is 15.2 Å². The van der Waals surface area contributed by atoms with Crippen LogP contribution < -0.4 is 10.1 Å². The number of nitrogens with one attached hydrogen (secondary N) is 1. The Hall–Kier alpha value is -1.69. The van der Waals surface area contributed by atoms with Gasteiger partial charge in [-0.05, 0) is 62.7 Å². The molecule has 6 nitrogen and oxygen atoms in total. The van der Waals surface area contributed by atoms with Gasteiger partial charge in [-0.25, -0.2) is 9.97 Å². The van der Waals surface area contributed by atoms with Crippen LogP contribution in [0, 0.1) is 17.3 Å². The molecule has 4 bridgehead atoms. The van der Waals surface area contributed by atoms with E-state index in [9.17, 15) is 9.90 Å². The highest BCUT2D eigenvalue weighted by atomic mass is 16.5. The Morgan fingerprint density at radius 1 is 1.29 bits per heavy atom. The highest BCUT2D eigenvalue weighted by Crippen LogP contribution is 2.62. The fraction of sp³-hybridized carbons (Fsp3) is 0.722. The normalized spacial score (nSPS) is 38.0. The van der Waals surface area contributed by atoms with Crippen LogP contribution in [0.15, 0.2) is 12.4 Å². The quantitative estimate of drug-likeness (QED) is 0.881. The minimum atomic E-state index is -0.508. The van der Waals surface area contributed by atoms with Crippen molar-refractivity contribution in [1.29, 1.82) is 0 Å².